The van der Waals surface area contributed by atoms with Gasteiger partial charge in [-0.3, -0.25) is 0 Å². The van der Waals surface area contributed by atoms with Gasteiger partial charge in [-0.15, -0.1) is 0 Å². The Morgan fingerprint density at radius 2 is 2.22 bits per heavy atom. The topological polar surface area (TPSA) is 61.7 Å². The molecule has 0 aliphatic carbocycles. The third kappa shape index (κ3) is 2.79. The van der Waals surface area contributed by atoms with E-state index in [0.29, 0.717) is 0 Å². The number of aryl methyl sites for hydroxylation is 1. The lowest BCUT2D eigenvalue weighted by molar-refractivity contribution is 0.554. The Labute approximate surface area is 108 Å². The van der Waals surface area contributed by atoms with E-state index in [1.807, 2.05) is 4.68 Å². The Kier molecular flexibility index (Phi) is 4.15. The number of aromatic nitrogens is 4. The molecule has 98 valence electrons. The van der Waals surface area contributed by atoms with E-state index in [1.165, 1.54) is 5.56 Å². The van der Waals surface area contributed by atoms with Gasteiger partial charge in [-0.25, -0.2) is 9.67 Å². The SMILES string of the molecule is CCCn1ncnc1Cn1ccc(C(N)CC)c1. The highest BCUT2D eigenvalue weighted by atomic mass is 15.3. The van der Waals surface area contributed by atoms with Gasteiger partial charge >= 0.3 is 0 Å². The molecule has 2 N–H and O–H groups in total. The van der Waals surface area contributed by atoms with Gasteiger partial charge in [0.2, 0.25) is 0 Å². The van der Waals surface area contributed by atoms with Crippen molar-refractivity contribution in [1.29, 1.82) is 0 Å². The third-order valence-electron chi connectivity index (χ3n) is 3.10. The van der Waals surface area contributed by atoms with Crippen LogP contribution >= 0.6 is 0 Å². The fourth-order valence-electron chi connectivity index (χ4n) is 1.99. The number of nitrogens with two attached hydrogens (primary N) is 1. The molecule has 0 aliphatic rings. The van der Waals surface area contributed by atoms with Crippen LogP contribution in [0, 0.1) is 0 Å². The third-order valence-corrected chi connectivity index (χ3v) is 3.10. The number of rotatable bonds is 6. The minimum absolute atomic E-state index is 0.125. The van der Waals surface area contributed by atoms with Crippen LogP contribution in [0.1, 0.15) is 44.1 Å². The predicted molar refractivity (Wildman–Crippen MR) is 71.1 cm³/mol. The summed E-state index contributed by atoms with van der Waals surface area (Å²) >= 11 is 0. The summed E-state index contributed by atoms with van der Waals surface area (Å²) in [6, 6.07) is 2.20. The first-order valence-electron chi connectivity index (χ1n) is 6.52. The molecule has 0 amide bonds. The molecule has 18 heavy (non-hydrogen) atoms. The maximum Gasteiger partial charge on any atom is 0.146 e. The Morgan fingerprint density at radius 3 is 2.94 bits per heavy atom. The first kappa shape index (κ1) is 12.8. The highest BCUT2D eigenvalue weighted by molar-refractivity contribution is 5.15. The summed E-state index contributed by atoms with van der Waals surface area (Å²) in [5.41, 5.74) is 7.19. The van der Waals surface area contributed by atoms with Gasteiger partial charge in [0, 0.05) is 25.0 Å². The summed E-state index contributed by atoms with van der Waals surface area (Å²) in [6.07, 6.45) is 7.78. The summed E-state index contributed by atoms with van der Waals surface area (Å²) in [7, 11) is 0. The van der Waals surface area contributed by atoms with E-state index in [4.69, 9.17) is 5.73 Å². The minimum atomic E-state index is 0.125. The first-order chi connectivity index (χ1) is 8.74. The van der Waals surface area contributed by atoms with Crippen LogP contribution in [0.4, 0.5) is 0 Å². The summed E-state index contributed by atoms with van der Waals surface area (Å²) in [6.45, 7) is 5.90. The van der Waals surface area contributed by atoms with Crippen molar-refractivity contribution in [3.63, 3.8) is 0 Å². The average Bonchev–Trinajstić information content (AvgIpc) is 3.00. The monoisotopic (exact) mass is 247 g/mol. The van der Waals surface area contributed by atoms with E-state index in [0.717, 1.165) is 31.8 Å². The zero-order valence-corrected chi connectivity index (χ0v) is 11.1. The Bertz CT molecular complexity index is 485. The van der Waals surface area contributed by atoms with E-state index < -0.39 is 0 Å². The van der Waals surface area contributed by atoms with Crippen molar-refractivity contribution >= 4 is 0 Å². The largest absolute Gasteiger partial charge is 0.346 e. The Morgan fingerprint density at radius 1 is 1.39 bits per heavy atom. The Hall–Kier alpha value is -1.62. The van der Waals surface area contributed by atoms with Crippen molar-refractivity contribution in [3.05, 3.63) is 36.2 Å². The van der Waals surface area contributed by atoms with Gasteiger partial charge < -0.3 is 10.3 Å². The normalized spacial score (nSPS) is 12.8. The standard InChI is InChI=1S/C13H21N5/c1-3-6-18-13(15-10-16-18)9-17-7-5-11(8-17)12(14)4-2/h5,7-8,10,12H,3-4,6,9,14H2,1-2H3. The molecule has 2 rings (SSSR count). The van der Waals surface area contributed by atoms with Gasteiger partial charge in [-0.05, 0) is 24.5 Å². The summed E-state index contributed by atoms with van der Waals surface area (Å²) in [5.74, 6) is 0.990. The second-order valence-electron chi connectivity index (χ2n) is 4.53. The molecule has 0 saturated carbocycles. The van der Waals surface area contributed by atoms with Crippen LogP contribution < -0.4 is 5.73 Å². The van der Waals surface area contributed by atoms with E-state index in [-0.39, 0.29) is 6.04 Å². The quantitative estimate of drug-likeness (QED) is 0.848. The van der Waals surface area contributed by atoms with Gasteiger partial charge in [-0.1, -0.05) is 13.8 Å². The molecule has 0 bridgehead atoms. The van der Waals surface area contributed by atoms with Gasteiger partial charge in [0.1, 0.15) is 12.2 Å². The molecule has 0 radical (unpaired) electrons. The first-order valence-corrected chi connectivity index (χ1v) is 6.52. The van der Waals surface area contributed by atoms with Crippen molar-refractivity contribution in [2.45, 2.75) is 45.8 Å². The molecule has 1 atom stereocenters. The summed E-state index contributed by atoms with van der Waals surface area (Å²) in [5, 5.41) is 4.23. The maximum absolute atomic E-state index is 6.01. The van der Waals surface area contributed by atoms with Gasteiger partial charge in [-0.2, -0.15) is 5.10 Å². The number of hydrogen-bond acceptors (Lipinski definition) is 3. The predicted octanol–water partition coefficient (Wildman–Crippen LogP) is 1.95. The molecule has 2 aromatic rings. The fraction of sp³-hybridized carbons (Fsp3) is 0.538. The molecule has 0 spiro atoms. The summed E-state index contributed by atoms with van der Waals surface area (Å²) < 4.78 is 4.07. The molecular formula is C13H21N5. The number of nitrogens with zero attached hydrogens (tertiary/aromatic N) is 4. The van der Waals surface area contributed by atoms with E-state index in [2.05, 4.69) is 47.0 Å². The lowest BCUT2D eigenvalue weighted by Gasteiger charge is -2.07. The van der Waals surface area contributed by atoms with Crippen molar-refractivity contribution in [2.24, 2.45) is 5.73 Å². The number of hydrogen-bond donors (Lipinski definition) is 1. The van der Waals surface area contributed by atoms with Crippen molar-refractivity contribution in [3.8, 4) is 0 Å². The molecule has 2 aromatic heterocycles. The van der Waals surface area contributed by atoms with E-state index >= 15 is 0 Å². The molecular weight excluding hydrogens is 226 g/mol. The van der Waals surface area contributed by atoms with Crippen LogP contribution in [0.5, 0.6) is 0 Å². The molecule has 1 unspecified atom stereocenters. The van der Waals surface area contributed by atoms with Crippen molar-refractivity contribution in [1.82, 2.24) is 19.3 Å². The molecule has 2 heterocycles. The van der Waals surface area contributed by atoms with Gasteiger partial charge in [0.15, 0.2) is 0 Å². The molecule has 0 saturated heterocycles. The molecule has 0 aliphatic heterocycles. The second-order valence-corrected chi connectivity index (χ2v) is 4.53. The lowest BCUT2D eigenvalue weighted by Crippen LogP contribution is -2.10. The van der Waals surface area contributed by atoms with Gasteiger partial charge in [0.25, 0.3) is 0 Å². The zero-order chi connectivity index (χ0) is 13.0. The minimum Gasteiger partial charge on any atom is -0.346 e. The maximum atomic E-state index is 6.01. The molecule has 0 fully saturated rings. The van der Waals surface area contributed by atoms with E-state index in [1.54, 1.807) is 6.33 Å². The highest BCUT2D eigenvalue weighted by Crippen LogP contribution is 2.14. The van der Waals surface area contributed by atoms with Crippen LogP contribution in [0.3, 0.4) is 0 Å². The van der Waals surface area contributed by atoms with Crippen molar-refractivity contribution in [2.75, 3.05) is 0 Å². The Balaban J connectivity index is 2.09. The molecule has 5 heteroatoms. The molecule has 0 aromatic carbocycles. The van der Waals surface area contributed by atoms with Crippen LogP contribution in [0.25, 0.3) is 0 Å². The lowest BCUT2D eigenvalue weighted by atomic mass is 10.1. The second kappa shape index (κ2) is 5.82. The van der Waals surface area contributed by atoms with Crippen LogP contribution in [0.15, 0.2) is 24.8 Å². The fourth-order valence-corrected chi connectivity index (χ4v) is 1.99. The zero-order valence-electron chi connectivity index (χ0n) is 11.1. The van der Waals surface area contributed by atoms with Crippen LogP contribution in [-0.4, -0.2) is 19.3 Å². The highest BCUT2D eigenvalue weighted by Gasteiger charge is 2.07. The average molecular weight is 247 g/mol. The molecule has 5 nitrogen and oxygen atoms in total. The van der Waals surface area contributed by atoms with Crippen LogP contribution in [-0.2, 0) is 13.1 Å². The smallest absolute Gasteiger partial charge is 0.146 e. The van der Waals surface area contributed by atoms with E-state index in [9.17, 15) is 0 Å². The van der Waals surface area contributed by atoms with Crippen molar-refractivity contribution < 1.29 is 0 Å². The van der Waals surface area contributed by atoms with Crippen LogP contribution in [0.2, 0.25) is 0 Å². The summed E-state index contributed by atoms with van der Waals surface area (Å²) in [4.78, 5) is 4.30. The van der Waals surface area contributed by atoms with Gasteiger partial charge in [0.05, 0.1) is 6.54 Å².